The highest BCUT2D eigenvalue weighted by molar-refractivity contribution is 5.97. The summed E-state index contributed by atoms with van der Waals surface area (Å²) < 4.78 is 3.86. The molecule has 0 fully saturated rings. The summed E-state index contributed by atoms with van der Waals surface area (Å²) in [6.07, 6.45) is 1.44. The predicted octanol–water partition coefficient (Wildman–Crippen LogP) is 2.28. The average Bonchev–Trinajstić information content (AvgIpc) is 3.19. The van der Waals surface area contributed by atoms with Crippen LogP contribution in [-0.4, -0.2) is 24.6 Å². The van der Waals surface area contributed by atoms with E-state index in [1.807, 2.05) is 62.4 Å². The van der Waals surface area contributed by atoms with Gasteiger partial charge >= 0.3 is 5.69 Å². The van der Waals surface area contributed by atoms with Crippen molar-refractivity contribution >= 4 is 22.8 Å². The number of anilines is 1. The van der Waals surface area contributed by atoms with E-state index >= 15 is 0 Å². The quantitative estimate of drug-likeness (QED) is 0.552. The lowest BCUT2D eigenvalue weighted by atomic mass is 10.0. The van der Waals surface area contributed by atoms with Gasteiger partial charge in [-0.1, -0.05) is 42.5 Å². The Hall–Kier alpha value is -3.94. The molecule has 2 aromatic heterocycles. The summed E-state index contributed by atoms with van der Waals surface area (Å²) >= 11 is 0. The van der Waals surface area contributed by atoms with Gasteiger partial charge in [0, 0.05) is 19.8 Å². The highest BCUT2D eigenvalue weighted by atomic mass is 16.2. The molecular formula is C23H23N5O3. The topological polar surface area (TPSA) is 90.9 Å². The zero-order chi connectivity index (χ0) is 22.3. The Morgan fingerprint density at radius 2 is 1.71 bits per heavy atom. The van der Waals surface area contributed by atoms with Gasteiger partial charge in [-0.15, -0.1) is 0 Å². The van der Waals surface area contributed by atoms with Crippen LogP contribution in [0.4, 0.5) is 5.69 Å². The van der Waals surface area contributed by atoms with Crippen LogP contribution in [0.15, 0.2) is 64.4 Å². The van der Waals surface area contributed by atoms with Gasteiger partial charge in [0.1, 0.15) is 6.04 Å². The van der Waals surface area contributed by atoms with Crippen molar-refractivity contribution < 1.29 is 4.79 Å². The summed E-state index contributed by atoms with van der Waals surface area (Å²) in [7, 11) is 2.96. The first-order valence-corrected chi connectivity index (χ1v) is 9.85. The minimum Gasteiger partial charge on any atom is -0.324 e. The Morgan fingerprint density at radius 3 is 2.42 bits per heavy atom. The molecular weight excluding hydrogens is 394 g/mol. The molecule has 1 amide bonds. The lowest BCUT2D eigenvalue weighted by molar-refractivity contribution is -0.118. The first-order valence-electron chi connectivity index (χ1n) is 9.85. The molecule has 8 nitrogen and oxygen atoms in total. The van der Waals surface area contributed by atoms with Crippen LogP contribution in [0, 0.1) is 13.8 Å². The molecule has 0 saturated carbocycles. The Bertz CT molecular complexity index is 1410. The molecule has 158 valence electrons. The van der Waals surface area contributed by atoms with E-state index in [4.69, 9.17) is 0 Å². The van der Waals surface area contributed by atoms with Gasteiger partial charge < -0.3 is 9.88 Å². The zero-order valence-corrected chi connectivity index (χ0v) is 17.8. The summed E-state index contributed by atoms with van der Waals surface area (Å²) in [5, 5.41) is 3.00. The summed E-state index contributed by atoms with van der Waals surface area (Å²) in [4.78, 5) is 43.1. The number of imidazole rings is 1. The van der Waals surface area contributed by atoms with Crippen LogP contribution < -0.4 is 16.6 Å². The third-order valence-corrected chi connectivity index (χ3v) is 5.47. The first-order chi connectivity index (χ1) is 14.8. The van der Waals surface area contributed by atoms with Gasteiger partial charge in [0.25, 0.3) is 11.5 Å². The number of aryl methyl sites for hydroxylation is 3. The lowest BCUT2D eigenvalue weighted by Crippen LogP contribution is -2.38. The number of carbonyl (C=O) groups excluding carboxylic acids is 1. The highest BCUT2D eigenvalue weighted by Crippen LogP contribution is 2.25. The largest absolute Gasteiger partial charge is 0.332 e. The lowest BCUT2D eigenvalue weighted by Gasteiger charge is -2.20. The second kappa shape index (κ2) is 7.71. The molecule has 0 radical (unpaired) electrons. The fraction of sp³-hybridized carbons (Fsp3) is 0.217. The zero-order valence-electron chi connectivity index (χ0n) is 17.8. The van der Waals surface area contributed by atoms with Gasteiger partial charge in [-0.3, -0.25) is 18.7 Å². The molecule has 2 heterocycles. The molecule has 4 rings (SSSR count). The van der Waals surface area contributed by atoms with E-state index in [0.717, 1.165) is 15.7 Å². The van der Waals surface area contributed by atoms with Crippen LogP contribution in [-0.2, 0) is 18.9 Å². The number of rotatable bonds is 4. The molecule has 0 unspecified atom stereocenters. The van der Waals surface area contributed by atoms with Crippen LogP contribution in [0.25, 0.3) is 11.2 Å². The molecule has 0 aliphatic carbocycles. The number of nitrogens with one attached hydrogen (secondary N) is 1. The second-order valence-electron chi connectivity index (χ2n) is 7.65. The molecule has 1 atom stereocenters. The number of carbonyl (C=O) groups is 1. The molecule has 31 heavy (non-hydrogen) atoms. The van der Waals surface area contributed by atoms with E-state index in [1.165, 1.54) is 22.5 Å². The first kappa shape index (κ1) is 20.3. The molecule has 0 bridgehead atoms. The monoisotopic (exact) mass is 417 g/mol. The van der Waals surface area contributed by atoms with Gasteiger partial charge in [0.05, 0.1) is 6.33 Å². The van der Waals surface area contributed by atoms with Crippen molar-refractivity contribution in [2.24, 2.45) is 14.1 Å². The molecule has 0 spiro atoms. The van der Waals surface area contributed by atoms with Crippen molar-refractivity contribution in [1.29, 1.82) is 0 Å². The maximum Gasteiger partial charge on any atom is 0.332 e. The highest BCUT2D eigenvalue weighted by Gasteiger charge is 2.27. The van der Waals surface area contributed by atoms with E-state index < -0.39 is 17.3 Å². The van der Waals surface area contributed by atoms with Crippen LogP contribution in [0.1, 0.15) is 22.7 Å². The Labute approximate surface area is 178 Å². The number of benzene rings is 2. The van der Waals surface area contributed by atoms with Crippen LogP contribution in [0.5, 0.6) is 0 Å². The van der Waals surface area contributed by atoms with Crippen molar-refractivity contribution in [3.8, 4) is 0 Å². The number of aromatic nitrogens is 4. The fourth-order valence-corrected chi connectivity index (χ4v) is 3.71. The van der Waals surface area contributed by atoms with Crippen LogP contribution in [0.3, 0.4) is 0 Å². The van der Waals surface area contributed by atoms with Crippen molar-refractivity contribution in [3.63, 3.8) is 0 Å². The molecule has 8 heteroatoms. The number of hydrogen-bond donors (Lipinski definition) is 1. The third-order valence-electron chi connectivity index (χ3n) is 5.47. The summed E-state index contributed by atoms with van der Waals surface area (Å²) in [5.74, 6) is -0.310. The molecule has 2 aromatic carbocycles. The predicted molar refractivity (Wildman–Crippen MR) is 119 cm³/mol. The fourth-order valence-electron chi connectivity index (χ4n) is 3.71. The minimum atomic E-state index is -0.851. The minimum absolute atomic E-state index is 0.189. The summed E-state index contributed by atoms with van der Waals surface area (Å²) in [6, 6.07) is 14.2. The SMILES string of the molecule is Cc1ccc(C)c(NC(=O)[C@@H](c2ccccc2)n2cnc3c2c(=O)n(C)c(=O)n3C)c1. The van der Waals surface area contributed by atoms with Gasteiger partial charge in [-0.05, 0) is 36.6 Å². The average molecular weight is 417 g/mol. The molecule has 0 aliphatic rings. The number of fused-ring (bicyclic) bond motifs is 1. The standard InChI is InChI=1S/C23H23N5O3/c1-14-10-11-15(2)17(12-14)25-21(29)18(16-8-6-5-7-9-16)28-13-24-20-19(28)22(30)27(4)23(31)26(20)3/h5-13,18H,1-4H3,(H,25,29)/t18-/m1/s1. The molecule has 1 N–H and O–H groups in total. The van der Waals surface area contributed by atoms with Gasteiger partial charge in [-0.25, -0.2) is 9.78 Å². The maximum absolute atomic E-state index is 13.5. The smallest absolute Gasteiger partial charge is 0.324 e. The normalized spacial score (nSPS) is 12.1. The van der Waals surface area contributed by atoms with Crippen molar-refractivity contribution in [2.45, 2.75) is 19.9 Å². The van der Waals surface area contributed by atoms with Gasteiger partial charge in [-0.2, -0.15) is 0 Å². The van der Waals surface area contributed by atoms with E-state index in [1.54, 1.807) is 7.05 Å². The summed E-state index contributed by atoms with van der Waals surface area (Å²) in [5.41, 5.74) is 2.79. The third kappa shape index (κ3) is 3.46. The van der Waals surface area contributed by atoms with Crippen molar-refractivity contribution in [1.82, 2.24) is 18.7 Å². The Morgan fingerprint density at radius 1 is 1.00 bits per heavy atom. The molecule has 0 aliphatic heterocycles. The maximum atomic E-state index is 13.5. The number of nitrogens with zero attached hydrogens (tertiary/aromatic N) is 4. The Kier molecular flexibility index (Phi) is 5.06. The van der Waals surface area contributed by atoms with E-state index in [0.29, 0.717) is 11.3 Å². The molecule has 4 aromatic rings. The molecule has 0 saturated heterocycles. The Balaban J connectivity index is 1.92. The van der Waals surface area contributed by atoms with E-state index in [9.17, 15) is 14.4 Å². The van der Waals surface area contributed by atoms with E-state index in [-0.39, 0.29) is 17.1 Å². The number of hydrogen-bond acceptors (Lipinski definition) is 4. The van der Waals surface area contributed by atoms with Crippen molar-refractivity contribution in [2.75, 3.05) is 5.32 Å². The van der Waals surface area contributed by atoms with Crippen LogP contribution >= 0.6 is 0 Å². The van der Waals surface area contributed by atoms with Crippen molar-refractivity contribution in [3.05, 3.63) is 92.4 Å². The van der Waals surface area contributed by atoms with Crippen LogP contribution in [0.2, 0.25) is 0 Å². The number of amides is 1. The van der Waals surface area contributed by atoms with E-state index in [2.05, 4.69) is 10.3 Å². The summed E-state index contributed by atoms with van der Waals surface area (Å²) in [6.45, 7) is 3.88. The second-order valence-corrected chi connectivity index (χ2v) is 7.65. The van der Waals surface area contributed by atoms with Gasteiger partial charge in [0.15, 0.2) is 11.2 Å². The van der Waals surface area contributed by atoms with Gasteiger partial charge in [0.2, 0.25) is 0 Å².